The van der Waals surface area contributed by atoms with Gasteiger partial charge in [0, 0.05) is 10.6 Å². The molecule has 0 bridgehead atoms. The molecule has 0 spiro atoms. The Morgan fingerprint density at radius 1 is 1.21 bits per heavy atom. The van der Waals surface area contributed by atoms with E-state index in [9.17, 15) is 4.79 Å². The average Bonchev–Trinajstić information content (AvgIpc) is 3.09. The summed E-state index contributed by atoms with van der Waals surface area (Å²) in [6, 6.07) is 14.2. The smallest absolute Gasteiger partial charge is 0.277 e. The van der Waals surface area contributed by atoms with Gasteiger partial charge in [-0.15, -0.1) is 10.2 Å². The van der Waals surface area contributed by atoms with Gasteiger partial charge >= 0.3 is 0 Å². The summed E-state index contributed by atoms with van der Waals surface area (Å²) in [6.45, 7) is 0. The van der Waals surface area contributed by atoms with Crippen molar-refractivity contribution in [2.24, 2.45) is 0 Å². The lowest BCUT2D eigenvalue weighted by molar-refractivity contribution is 0.102. The van der Waals surface area contributed by atoms with Crippen molar-refractivity contribution >= 4 is 29.1 Å². The number of thioether (sulfide) groups is 1. The molecule has 0 saturated heterocycles. The number of halogens is 1. The number of ether oxygens (including phenoxy) is 1. The summed E-state index contributed by atoms with van der Waals surface area (Å²) in [5.41, 5.74) is 1.26. The third-order valence-electron chi connectivity index (χ3n) is 3.22. The van der Waals surface area contributed by atoms with Crippen LogP contribution in [0.25, 0.3) is 11.5 Å². The molecule has 0 atom stereocenters. The highest BCUT2D eigenvalue weighted by atomic mass is 35.5. The molecule has 1 aromatic heterocycles. The number of carbonyl (C=O) groups excluding carboxylic acids is 1. The molecule has 3 rings (SSSR count). The van der Waals surface area contributed by atoms with Crippen LogP contribution in [0.5, 0.6) is 5.75 Å². The number of hydrogen-bond donors (Lipinski definition) is 0. The standard InChI is InChI=1S/C17H13ClN2O3S/c1-22-15-8-7-12(18)9-13(15)16-19-20-17(23-16)24-10-14(21)11-5-3-2-4-6-11/h2-9H,10H2,1H3. The van der Waals surface area contributed by atoms with Gasteiger partial charge in [0.25, 0.3) is 11.1 Å². The second-order valence-electron chi connectivity index (χ2n) is 4.80. The number of Topliss-reactive ketones (excluding diaryl/α,β-unsaturated/α-hetero) is 1. The van der Waals surface area contributed by atoms with Gasteiger partial charge in [0.2, 0.25) is 0 Å². The Kier molecular flexibility index (Phi) is 5.17. The normalized spacial score (nSPS) is 10.6. The summed E-state index contributed by atoms with van der Waals surface area (Å²) in [5, 5.41) is 8.81. The fraction of sp³-hybridized carbons (Fsp3) is 0.118. The lowest BCUT2D eigenvalue weighted by Crippen LogP contribution is -2.01. The lowest BCUT2D eigenvalue weighted by Gasteiger charge is -2.04. The number of carbonyl (C=O) groups is 1. The molecule has 3 aromatic rings. The van der Waals surface area contributed by atoms with E-state index in [2.05, 4.69) is 10.2 Å². The molecule has 0 fully saturated rings. The van der Waals surface area contributed by atoms with Crippen LogP contribution >= 0.6 is 23.4 Å². The molecule has 5 nitrogen and oxygen atoms in total. The average molecular weight is 361 g/mol. The van der Waals surface area contributed by atoms with E-state index >= 15 is 0 Å². The molecule has 122 valence electrons. The maximum atomic E-state index is 12.1. The minimum absolute atomic E-state index is 0.000635. The van der Waals surface area contributed by atoms with Gasteiger partial charge in [-0.2, -0.15) is 0 Å². The molecular weight excluding hydrogens is 348 g/mol. The zero-order valence-corrected chi connectivity index (χ0v) is 14.3. The number of aromatic nitrogens is 2. The zero-order chi connectivity index (χ0) is 16.9. The number of ketones is 1. The molecule has 0 N–H and O–H groups in total. The van der Waals surface area contributed by atoms with Crippen molar-refractivity contribution in [2.75, 3.05) is 12.9 Å². The van der Waals surface area contributed by atoms with Gasteiger partial charge in [0.15, 0.2) is 5.78 Å². The van der Waals surface area contributed by atoms with Gasteiger partial charge in [-0.05, 0) is 18.2 Å². The van der Waals surface area contributed by atoms with Gasteiger partial charge in [0.05, 0.1) is 18.4 Å². The van der Waals surface area contributed by atoms with Gasteiger partial charge in [0.1, 0.15) is 5.75 Å². The Balaban J connectivity index is 1.72. The van der Waals surface area contributed by atoms with Crippen LogP contribution in [0.3, 0.4) is 0 Å². The van der Waals surface area contributed by atoms with Crippen molar-refractivity contribution in [3.05, 3.63) is 59.1 Å². The lowest BCUT2D eigenvalue weighted by atomic mass is 10.2. The van der Waals surface area contributed by atoms with E-state index in [4.69, 9.17) is 20.8 Å². The van der Waals surface area contributed by atoms with Crippen LogP contribution in [-0.4, -0.2) is 28.8 Å². The third kappa shape index (κ3) is 3.77. The third-order valence-corrected chi connectivity index (χ3v) is 4.27. The van der Waals surface area contributed by atoms with Crippen molar-refractivity contribution in [3.8, 4) is 17.2 Å². The van der Waals surface area contributed by atoms with Crippen molar-refractivity contribution in [2.45, 2.75) is 5.22 Å². The second-order valence-corrected chi connectivity index (χ2v) is 6.16. The zero-order valence-electron chi connectivity index (χ0n) is 12.7. The van der Waals surface area contributed by atoms with E-state index in [1.165, 1.54) is 11.8 Å². The molecule has 0 aliphatic carbocycles. The quantitative estimate of drug-likeness (QED) is 0.480. The SMILES string of the molecule is COc1ccc(Cl)cc1-c1nnc(SCC(=O)c2ccccc2)o1. The Bertz CT molecular complexity index is 852. The van der Waals surface area contributed by atoms with Gasteiger partial charge < -0.3 is 9.15 Å². The first-order valence-corrected chi connectivity index (χ1v) is 8.42. The maximum absolute atomic E-state index is 12.1. The van der Waals surface area contributed by atoms with Crippen LogP contribution in [-0.2, 0) is 0 Å². The van der Waals surface area contributed by atoms with E-state index < -0.39 is 0 Å². The predicted octanol–water partition coefficient (Wildman–Crippen LogP) is 4.37. The van der Waals surface area contributed by atoms with Crippen LogP contribution in [0, 0.1) is 0 Å². The van der Waals surface area contributed by atoms with Crippen molar-refractivity contribution < 1.29 is 13.9 Å². The topological polar surface area (TPSA) is 65.2 Å². The Morgan fingerprint density at radius 3 is 2.75 bits per heavy atom. The van der Waals surface area contributed by atoms with Crippen molar-refractivity contribution in [3.63, 3.8) is 0 Å². The van der Waals surface area contributed by atoms with E-state index in [1.807, 2.05) is 18.2 Å². The molecule has 0 radical (unpaired) electrons. The first kappa shape index (κ1) is 16.5. The first-order valence-electron chi connectivity index (χ1n) is 7.06. The maximum Gasteiger partial charge on any atom is 0.277 e. The summed E-state index contributed by atoms with van der Waals surface area (Å²) in [6.07, 6.45) is 0. The van der Waals surface area contributed by atoms with Crippen LogP contribution in [0.2, 0.25) is 5.02 Å². The minimum atomic E-state index is 0.000635. The van der Waals surface area contributed by atoms with E-state index in [1.54, 1.807) is 37.4 Å². The molecule has 0 aliphatic heterocycles. The highest BCUT2D eigenvalue weighted by Crippen LogP contribution is 2.33. The molecule has 0 unspecified atom stereocenters. The van der Waals surface area contributed by atoms with Gasteiger partial charge in [-0.25, -0.2) is 0 Å². The molecule has 0 aliphatic rings. The molecule has 2 aromatic carbocycles. The summed E-state index contributed by atoms with van der Waals surface area (Å²) in [7, 11) is 1.55. The van der Waals surface area contributed by atoms with Gasteiger partial charge in [-0.3, -0.25) is 4.79 Å². The summed E-state index contributed by atoms with van der Waals surface area (Å²) >= 11 is 7.20. The van der Waals surface area contributed by atoms with Crippen molar-refractivity contribution in [1.82, 2.24) is 10.2 Å². The number of rotatable bonds is 6. The monoisotopic (exact) mass is 360 g/mol. The highest BCUT2D eigenvalue weighted by molar-refractivity contribution is 7.99. The number of methoxy groups -OCH3 is 1. The van der Waals surface area contributed by atoms with E-state index in [-0.39, 0.29) is 11.5 Å². The highest BCUT2D eigenvalue weighted by Gasteiger charge is 2.15. The largest absolute Gasteiger partial charge is 0.496 e. The fourth-order valence-corrected chi connectivity index (χ4v) is 2.89. The second kappa shape index (κ2) is 7.51. The molecule has 0 saturated carbocycles. The van der Waals surface area contributed by atoms with Crippen LogP contribution in [0.1, 0.15) is 10.4 Å². The molecule has 7 heteroatoms. The Labute approximate surface area is 148 Å². The van der Waals surface area contributed by atoms with Crippen molar-refractivity contribution in [1.29, 1.82) is 0 Å². The summed E-state index contributed by atoms with van der Waals surface area (Å²) < 4.78 is 10.9. The van der Waals surface area contributed by atoms with E-state index in [0.29, 0.717) is 33.0 Å². The van der Waals surface area contributed by atoms with Crippen LogP contribution in [0.4, 0.5) is 0 Å². The number of hydrogen-bond acceptors (Lipinski definition) is 6. The molecular formula is C17H13ClN2O3S. The predicted molar refractivity (Wildman–Crippen MR) is 92.8 cm³/mol. The summed E-state index contributed by atoms with van der Waals surface area (Å²) in [5.74, 6) is 1.10. The first-order chi connectivity index (χ1) is 11.7. The Hall–Kier alpha value is -2.31. The van der Waals surface area contributed by atoms with Crippen LogP contribution < -0.4 is 4.74 Å². The van der Waals surface area contributed by atoms with Gasteiger partial charge in [-0.1, -0.05) is 53.7 Å². The number of benzene rings is 2. The molecule has 0 amide bonds. The fourth-order valence-electron chi connectivity index (χ4n) is 2.06. The molecule has 24 heavy (non-hydrogen) atoms. The van der Waals surface area contributed by atoms with E-state index in [0.717, 1.165) is 0 Å². The molecule has 1 heterocycles. The summed E-state index contributed by atoms with van der Waals surface area (Å²) in [4.78, 5) is 12.1. The Morgan fingerprint density at radius 2 is 2.00 bits per heavy atom. The van der Waals surface area contributed by atoms with Crippen LogP contribution in [0.15, 0.2) is 58.2 Å². The number of nitrogens with zero attached hydrogens (tertiary/aromatic N) is 2. The minimum Gasteiger partial charge on any atom is -0.496 e.